The largest absolute Gasteiger partial charge is 0.478 e. The number of anilines is 1. The maximum absolute atomic E-state index is 11.3. The molecule has 1 aliphatic heterocycles. The van der Waals surface area contributed by atoms with E-state index in [-0.39, 0.29) is 0 Å². The number of carboxylic acids is 1. The van der Waals surface area contributed by atoms with E-state index >= 15 is 0 Å². The molecule has 1 aromatic carbocycles. The summed E-state index contributed by atoms with van der Waals surface area (Å²) in [6.45, 7) is 5.28. The number of benzene rings is 1. The Labute approximate surface area is 112 Å². The highest BCUT2D eigenvalue weighted by Crippen LogP contribution is 2.32. The molecule has 2 atom stereocenters. The molecule has 4 heteroatoms. The lowest BCUT2D eigenvalue weighted by atomic mass is 9.91. The molecule has 1 fully saturated rings. The lowest BCUT2D eigenvalue weighted by molar-refractivity contribution is 0.0697. The Hall–Kier alpha value is -1.22. The van der Waals surface area contributed by atoms with Crippen molar-refractivity contribution < 1.29 is 9.90 Å². The van der Waals surface area contributed by atoms with Crippen molar-refractivity contribution in [2.45, 2.75) is 32.7 Å². The van der Waals surface area contributed by atoms with Crippen molar-refractivity contribution >= 4 is 23.3 Å². The molecule has 2 unspecified atom stereocenters. The summed E-state index contributed by atoms with van der Waals surface area (Å²) in [5, 5.41) is 9.75. The third-order valence-electron chi connectivity index (χ3n) is 3.87. The lowest BCUT2D eigenvalue weighted by Crippen LogP contribution is -2.43. The average Bonchev–Trinajstić information content (AvgIpc) is 2.33. The van der Waals surface area contributed by atoms with Gasteiger partial charge in [0.15, 0.2) is 0 Å². The second kappa shape index (κ2) is 5.19. The number of carbonyl (C=O) groups is 1. The van der Waals surface area contributed by atoms with Gasteiger partial charge in [-0.1, -0.05) is 18.5 Å². The monoisotopic (exact) mass is 267 g/mol. The zero-order valence-corrected chi connectivity index (χ0v) is 11.4. The molecule has 0 aliphatic carbocycles. The minimum atomic E-state index is -0.919. The Morgan fingerprint density at radius 2 is 2.17 bits per heavy atom. The summed E-state index contributed by atoms with van der Waals surface area (Å²) >= 11 is 5.88. The first-order valence-electron chi connectivity index (χ1n) is 6.30. The molecular formula is C14H18ClNO2. The van der Waals surface area contributed by atoms with E-state index in [4.69, 9.17) is 11.6 Å². The molecule has 3 nitrogen and oxygen atoms in total. The molecule has 18 heavy (non-hydrogen) atoms. The van der Waals surface area contributed by atoms with Gasteiger partial charge in [0.05, 0.1) is 11.3 Å². The topological polar surface area (TPSA) is 40.5 Å². The number of halogens is 1. The third kappa shape index (κ3) is 2.46. The van der Waals surface area contributed by atoms with Crippen LogP contribution in [0, 0.1) is 5.92 Å². The third-order valence-corrected chi connectivity index (χ3v) is 4.11. The zero-order valence-electron chi connectivity index (χ0n) is 10.7. The molecule has 0 aromatic heterocycles. The van der Waals surface area contributed by atoms with E-state index in [1.165, 1.54) is 12.5 Å². The molecule has 0 bridgehead atoms. The molecular weight excluding hydrogens is 250 g/mol. The molecule has 0 spiro atoms. The Kier molecular flexibility index (Phi) is 3.81. The molecule has 1 N–H and O–H groups in total. The summed E-state index contributed by atoms with van der Waals surface area (Å²) in [6.07, 6.45) is 2.31. The predicted molar refractivity (Wildman–Crippen MR) is 73.6 cm³/mol. The minimum absolute atomic E-state index is 0.295. The second-order valence-corrected chi connectivity index (χ2v) is 5.46. The number of piperidine rings is 1. The van der Waals surface area contributed by atoms with Crippen LogP contribution in [0.5, 0.6) is 0 Å². The van der Waals surface area contributed by atoms with E-state index in [9.17, 15) is 9.90 Å². The van der Waals surface area contributed by atoms with E-state index in [2.05, 4.69) is 18.7 Å². The Morgan fingerprint density at radius 3 is 2.83 bits per heavy atom. The highest BCUT2D eigenvalue weighted by Gasteiger charge is 2.27. The van der Waals surface area contributed by atoms with E-state index in [1.807, 2.05) is 6.07 Å². The first-order valence-corrected chi connectivity index (χ1v) is 6.68. The van der Waals surface area contributed by atoms with Gasteiger partial charge in [0.2, 0.25) is 0 Å². The van der Waals surface area contributed by atoms with Crippen LogP contribution in [0.4, 0.5) is 5.69 Å². The van der Waals surface area contributed by atoms with E-state index in [0.717, 1.165) is 18.7 Å². The van der Waals surface area contributed by atoms with Gasteiger partial charge in [0.25, 0.3) is 0 Å². The Balaban J connectivity index is 2.40. The number of nitrogens with zero attached hydrogens (tertiary/aromatic N) is 1. The fourth-order valence-electron chi connectivity index (χ4n) is 2.61. The smallest absolute Gasteiger partial charge is 0.337 e. The summed E-state index contributed by atoms with van der Waals surface area (Å²) in [4.78, 5) is 13.5. The van der Waals surface area contributed by atoms with Crippen molar-refractivity contribution in [3.05, 3.63) is 28.8 Å². The van der Waals surface area contributed by atoms with Crippen molar-refractivity contribution in [2.75, 3.05) is 11.4 Å². The van der Waals surface area contributed by atoms with Gasteiger partial charge in [-0.25, -0.2) is 4.79 Å². The van der Waals surface area contributed by atoms with Crippen LogP contribution >= 0.6 is 11.6 Å². The molecule has 1 heterocycles. The molecule has 0 radical (unpaired) electrons. The van der Waals surface area contributed by atoms with E-state index in [0.29, 0.717) is 22.5 Å². The van der Waals surface area contributed by atoms with E-state index in [1.54, 1.807) is 6.07 Å². The van der Waals surface area contributed by atoms with E-state index < -0.39 is 5.97 Å². The van der Waals surface area contributed by atoms with Crippen molar-refractivity contribution in [2.24, 2.45) is 5.92 Å². The summed E-state index contributed by atoms with van der Waals surface area (Å²) in [5.41, 5.74) is 1.08. The lowest BCUT2D eigenvalue weighted by Gasteiger charge is -2.40. The first kappa shape index (κ1) is 13.2. The fourth-order valence-corrected chi connectivity index (χ4v) is 2.78. The predicted octanol–water partition coefficient (Wildman–Crippen LogP) is 3.66. The van der Waals surface area contributed by atoms with Crippen molar-refractivity contribution in [1.29, 1.82) is 0 Å². The highest BCUT2D eigenvalue weighted by atomic mass is 35.5. The number of carboxylic acid groups (broad SMARTS) is 1. The molecule has 2 rings (SSSR count). The summed E-state index contributed by atoms with van der Waals surface area (Å²) in [5.74, 6) is -0.339. The highest BCUT2D eigenvalue weighted by molar-refractivity contribution is 6.31. The van der Waals surface area contributed by atoms with Crippen LogP contribution in [-0.2, 0) is 0 Å². The quantitative estimate of drug-likeness (QED) is 0.889. The number of hydrogen-bond donors (Lipinski definition) is 1. The normalized spacial score (nSPS) is 24.1. The van der Waals surface area contributed by atoms with Gasteiger partial charge in [0.1, 0.15) is 0 Å². The second-order valence-electron chi connectivity index (χ2n) is 5.02. The van der Waals surface area contributed by atoms with Gasteiger partial charge in [-0.2, -0.15) is 0 Å². The number of aromatic carboxylic acids is 1. The molecule has 98 valence electrons. The van der Waals surface area contributed by atoms with Crippen molar-refractivity contribution in [1.82, 2.24) is 0 Å². The maximum atomic E-state index is 11.3. The van der Waals surface area contributed by atoms with Crippen LogP contribution in [0.25, 0.3) is 0 Å². The molecule has 1 aliphatic rings. The van der Waals surface area contributed by atoms with Crippen molar-refractivity contribution in [3.8, 4) is 0 Å². The van der Waals surface area contributed by atoms with Crippen LogP contribution in [0.15, 0.2) is 18.2 Å². The number of hydrogen-bond acceptors (Lipinski definition) is 2. The maximum Gasteiger partial charge on any atom is 0.337 e. The van der Waals surface area contributed by atoms with Gasteiger partial charge >= 0.3 is 5.97 Å². The SMILES string of the molecule is CC1CCCN(c2ccc(Cl)cc2C(=O)O)C1C. The standard InChI is InChI=1S/C14H18ClNO2/c1-9-4-3-7-16(10(9)2)13-6-5-11(15)8-12(13)14(17)18/h5-6,8-10H,3-4,7H2,1-2H3,(H,17,18). The van der Waals surface area contributed by atoms with Gasteiger partial charge in [-0.05, 0) is 43.9 Å². The van der Waals surface area contributed by atoms with Crippen LogP contribution < -0.4 is 4.90 Å². The van der Waals surface area contributed by atoms with Gasteiger partial charge in [-0.15, -0.1) is 0 Å². The average molecular weight is 268 g/mol. The molecule has 1 aromatic rings. The summed E-state index contributed by atoms with van der Waals surface area (Å²) in [6, 6.07) is 5.47. The van der Waals surface area contributed by atoms with Crippen LogP contribution in [0.3, 0.4) is 0 Å². The summed E-state index contributed by atoms with van der Waals surface area (Å²) < 4.78 is 0. The van der Waals surface area contributed by atoms with Crippen LogP contribution in [-0.4, -0.2) is 23.7 Å². The minimum Gasteiger partial charge on any atom is -0.478 e. The molecule has 0 saturated carbocycles. The molecule has 1 saturated heterocycles. The summed E-state index contributed by atoms with van der Waals surface area (Å²) in [7, 11) is 0. The zero-order chi connectivity index (χ0) is 13.3. The van der Waals surface area contributed by atoms with Crippen LogP contribution in [0.1, 0.15) is 37.0 Å². The van der Waals surface area contributed by atoms with Gasteiger partial charge in [-0.3, -0.25) is 0 Å². The van der Waals surface area contributed by atoms with Gasteiger partial charge in [0, 0.05) is 17.6 Å². The van der Waals surface area contributed by atoms with Crippen LogP contribution in [0.2, 0.25) is 5.02 Å². The van der Waals surface area contributed by atoms with Gasteiger partial charge < -0.3 is 10.0 Å². The fraction of sp³-hybridized carbons (Fsp3) is 0.500. The van der Waals surface area contributed by atoms with Crippen molar-refractivity contribution in [3.63, 3.8) is 0 Å². The number of rotatable bonds is 2. The molecule has 0 amide bonds. The first-order chi connectivity index (χ1) is 8.50. The Morgan fingerprint density at radius 1 is 1.44 bits per heavy atom. The Bertz CT molecular complexity index is 461.